The number of hydrogen-bond donors (Lipinski definition) is 0. The summed E-state index contributed by atoms with van der Waals surface area (Å²) >= 11 is 0.732. The molecule has 0 atom stereocenters. The second kappa shape index (κ2) is 8.74. The average Bonchev–Trinajstić information content (AvgIpc) is 3.22. The van der Waals surface area contributed by atoms with Crippen LogP contribution < -0.4 is 0 Å². The largest absolute Gasteiger partial charge is 0.465 e. The molecule has 3 rings (SSSR count). The summed E-state index contributed by atoms with van der Waals surface area (Å²) in [5.74, 6) is -1.23. The summed E-state index contributed by atoms with van der Waals surface area (Å²) in [4.78, 5) is 48.0. The minimum Gasteiger partial charge on any atom is -0.465 e. The molecule has 0 spiro atoms. The van der Waals surface area contributed by atoms with Gasteiger partial charge in [0.15, 0.2) is 0 Å². The van der Waals surface area contributed by atoms with Crippen molar-refractivity contribution in [1.82, 2.24) is 9.47 Å². The number of thioether (sulfide) groups is 1. The molecule has 0 radical (unpaired) electrons. The number of benzene rings is 1. The van der Waals surface area contributed by atoms with Gasteiger partial charge in [-0.15, -0.1) is 0 Å². The molecular formula is C19H17N3O6S. The topological polar surface area (TPSA) is 112 Å². The normalized spacial score (nSPS) is 15.2. The maximum atomic E-state index is 12.5. The molecule has 2 heterocycles. The lowest BCUT2D eigenvalue weighted by Gasteiger charge is -2.11. The van der Waals surface area contributed by atoms with E-state index in [1.54, 1.807) is 48.0 Å². The molecule has 1 aromatic heterocycles. The highest BCUT2D eigenvalue weighted by Crippen LogP contribution is 2.32. The van der Waals surface area contributed by atoms with E-state index >= 15 is 0 Å². The Morgan fingerprint density at radius 1 is 1.24 bits per heavy atom. The van der Waals surface area contributed by atoms with Gasteiger partial charge in [0, 0.05) is 23.5 Å². The first-order valence-electron chi connectivity index (χ1n) is 8.69. The van der Waals surface area contributed by atoms with Crippen LogP contribution in [0.1, 0.15) is 18.2 Å². The Morgan fingerprint density at radius 3 is 2.72 bits per heavy atom. The molecule has 0 N–H and O–H groups in total. The van der Waals surface area contributed by atoms with Crippen LogP contribution in [0.2, 0.25) is 0 Å². The monoisotopic (exact) mass is 415 g/mol. The van der Waals surface area contributed by atoms with Crippen LogP contribution >= 0.6 is 11.8 Å². The molecule has 0 aliphatic carbocycles. The predicted octanol–water partition coefficient (Wildman–Crippen LogP) is 3.04. The number of amides is 2. The maximum absolute atomic E-state index is 12.5. The fraction of sp³-hybridized carbons (Fsp3) is 0.211. The van der Waals surface area contributed by atoms with Crippen LogP contribution in [0, 0.1) is 10.1 Å². The van der Waals surface area contributed by atoms with Crippen molar-refractivity contribution in [3.63, 3.8) is 0 Å². The third-order valence-electron chi connectivity index (χ3n) is 4.14. The fourth-order valence-corrected chi connectivity index (χ4v) is 3.64. The number of aromatic nitrogens is 1. The predicted molar refractivity (Wildman–Crippen MR) is 106 cm³/mol. The molecule has 1 aliphatic heterocycles. The highest BCUT2D eigenvalue weighted by atomic mass is 32.2. The third kappa shape index (κ3) is 4.54. The molecule has 1 fully saturated rings. The van der Waals surface area contributed by atoms with Gasteiger partial charge in [-0.25, -0.2) is 0 Å². The van der Waals surface area contributed by atoms with Gasteiger partial charge in [0.25, 0.3) is 16.8 Å². The van der Waals surface area contributed by atoms with Crippen LogP contribution in [0.25, 0.3) is 6.08 Å². The number of rotatable bonds is 7. The van der Waals surface area contributed by atoms with Crippen LogP contribution in [0.4, 0.5) is 10.5 Å². The zero-order valence-electron chi connectivity index (χ0n) is 15.4. The lowest BCUT2D eigenvalue weighted by Crippen LogP contribution is -2.34. The number of esters is 1. The van der Waals surface area contributed by atoms with E-state index in [4.69, 9.17) is 4.74 Å². The Kier molecular flexibility index (Phi) is 6.13. The van der Waals surface area contributed by atoms with Gasteiger partial charge in [0.05, 0.1) is 23.0 Å². The number of nitro benzene ring substituents is 1. The molecule has 150 valence electrons. The molecule has 1 saturated heterocycles. The Labute approximate surface area is 170 Å². The number of para-hydroxylation sites is 1. The van der Waals surface area contributed by atoms with E-state index in [0.717, 1.165) is 16.7 Å². The van der Waals surface area contributed by atoms with E-state index in [-0.39, 0.29) is 23.7 Å². The fourth-order valence-electron chi connectivity index (χ4n) is 2.81. The minimum atomic E-state index is -0.657. The summed E-state index contributed by atoms with van der Waals surface area (Å²) in [5, 5.41) is 10.7. The molecule has 2 amide bonds. The number of nitrogens with zero attached hydrogens (tertiary/aromatic N) is 3. The van der Waals surface area contributed by atoms with Crippen molar-refractivity contribution in [2.24, 2.45) is 0 Å². The van der Waals surface area contributed by atoms with E-state index in [9.17, 15) is 24.5 Å². The first kappa shape index (κ1) is 20.3. The van der Waals surface area contributed by atoms with Gasteiger partial charge in [-0.3, -0.25) is 29.4 Å². The zero-order valence-corrected chi connectivity index (χ0v) is 16.3. The van der Waals surface area contributed by atoms with Gasteiger partial charge in [-0.2, -0.15) is 0 Å². The lowest BCUT2D eigenvalue weighted by atomic mass is 10.2. The van der Waals surface area contributed by atoms with Crippen molar-refractivity contribution in [2.75, 3.05) is 13.2 Å². The Morgan fingerprint density at radius 2 is 2.00 bits per heavy atom. The number of imide groups is 1. The van der Waals surface area contributed by atoms with Crippen molar-refractivity contribution in [3.8, 4) is 0 Å². The molecule has 9 nitrogen and oxygen atoms in total. The van der Waals surface area contributed by atoms with Crippen molar-refractivity contribution in [1.29, 1.82) is 0 Å². The molecular weight excluding hydrogens is 398 g/mol. The minimum absolute atomic E-state index is 0.00177. The second-order valence-corrected chi connectivity index (χ2v) is 7.01. The Balaban J connectivity index is 1.82. The number of nitro groups is 1. The average molecular weight is 415 g/mol. The first-order chi connectivity index (χ1) is 13.9. The molecule has 0 saturated carbocycles. The van der Waals surface area contributed by atoms with Gasteiger partial charge in [0.2, 0.25) is 0 Å². The van der Waals surface area contributed by atoms with E-state index in [2.05, 4.69) is 0 Å². The van der Waals surface area contributed by atoms with Crippen molar-refractivity contribution in [3.05, 3.63) is 68.9 Å². The zero-order chi connectivity index (χ0) is 21.0. The van der Waals surface area contributed by atoms with E-state index in [1.807, 2.05) is 0 Å². The van der Waals surface area contributed by atoms with Crippen molar-refractivity contribution >= 4 is 40.6 Å². The molecule has 29 heavy (non-hydrogen) atoms. The number of ether oxygens (including phenoxy) is 1. The van der Waals surface area contributed by atoms with Crippen molar-refractivity contribution < 1.29 is 24.0 Å². The summed E-state index contributed by atoms with van der Waals surface area (Å²) in [7, 11) is 0. The number of carbonyl (C=O) groups excluding carboxylic acids is 3. The third-order valence-corrected chi connectivity index (χ3v) is 5.05. The van der Waals surface area contributed by atoms with Gasteiger partial charge < -0.3 is 9.30 Å². The summed E-state index contributed by atoms with van der Waals surface area (Å²) < 4.78 is 6.52. The SMILES string of the molecule is CCOC(=O)CN1C(=O)S/C(=C\c2cccn2Cc2ccccc2[N+](=O)[O-])C1=O. The van der Waals surface area contributed by atoms with Gasteiger partial charge in [0.1, 0.15) is 6.54 Å². The Hall–Kier alpha value is -3.40. The number of hydrogen-bond acceptors (Lipinski definition) is 7. The number of carbonyl (C=O) groups is 3. The van der Waals surface area contributed by atoms with Gasteiger partial charge in [-0.05, 0) is 36.9 Å². The van der Waals surface area contributed by atoms with Crippen molar-refractivity contribution in [2.45, 2.75) is 13.5 Å². The quantitative estimate of drug-likeness (QED) is 0.296. The van der Waals surface area contributed by atoms with E-state index in [0.29, 0.717) is 11.3 Å². The summed E-state index contributed by atoms with van der Waals surface area (Å²) in [6.45, 7) is 1.58. The van der Waals surface area contributed by atoms with Crippen LogP contribution in [-0.4, -0.2) is 44.7 Å². The van der Waals surface area contributed by atoms with E-state index in [1.165, 1.54) is 12.1 Å². The highest BCUT2D eigenvalue weighted by molar-refractivity contribution is 8.18. The van der Waals surface area contributed by atoms with Crippen LogP contribution in [0.5, 0.6) is 0 Å². The smallest absolute Gasteiger partial charge is 0.326 e. The first-order valence-corrected chi connectivity index (χ1v) is 9.50. The van der Waals surface area contributed by atoms with Crippen LogP contribution in [0.15, 0.2) is 47.5 Å². The summed E-state index contributed by atoms with van der Waals surface area (Å²) in [6, 6.07) is 9.87. The molecule has 1 aliphatic rings. The summed E-state index contributed by atoms with van der Waals surface area (Å²) in [5.41, 5.74) is 1.12. The maximum Gasteiger partial charge on any atom is 0.326 e. The highest BCUT2D eigenvalue weighted by Gasteiger charge is 2.36. The second-order valence-electron chi connectivity index (χ2n) is 6.02. The summed E-state index contributed by atoms with van der Waals surface area (Å²) in [6.07, 6.45) is 3.26. The molecule has 10 heteroatoms. The molecule has 0 bridgehead atoms. The van der Waals surface area contributed by atoms with Gasteiger partial charge >= 0.3 is 5.97 Å². The molecule has 2 aromatic rings. The van der Waals surface area contributed by atoms with Crippen LogP contribution in [0.3, 0.4) is 0 Å². The molecule has 0 unspecified atom stereocenters. The van der Waals surface area contributed by atoms with Crippen LogP contribution in [-0.2, 0) is 20.9 Å². The van der Waals surface area contributed by atoms with E-state index < -0.39 is 28.6 Å². The Bertz CT molecular complexity index is 1010. The van der Waals surface area contributed by atoms with Gasteiger partial charge in [-0.1, -0.05) is 18.2 Å². The standard InChI is InChI=1S/C19H17N3O6S/c1-2-28-17(23)12-21-18(24)16(29-19(21)25)10-14-7-5-9-20(14)11-13-6-3-4-8-15(13)22(26)27/h3-10H,2,11-12H2,1H3/b16-10-. The lowest BCUT2D eigenvalue weighted by molar-refractivity contribution is -0.385. The molecule has 1 aromatic carbocycles.